The van der Waals surface area contributed by atoms with Crippen LogP contribution in [0, 0.1) is 5.82 Å². The number of nitrogens with two attached hydrogens (primary N) is 1. The fraction of sp³-hybridized carbons (Fsp3) is 0.267. The van der Waals surface area contributed by atoms with Gasteiger partial charge in [0.1, 0.15) is 5.82 Å². The van der Waals surface area contributed by atoms with E-state index >= 15 is 0 Å². The van der Waals surface area contributed by atoms with Crippen LogP contribution in [0.5, 0.6) is 0 Å². The molecular formula is C15H14ClFN4O. The van der Waals surface area contributed by atoms with Gasteiger partial charge in [-0.2, -0.15) is 5.10 Å². The van der Waals surface area contributed by atoms with Crippen molar-refractivity contribution < 1.29 is 9.18 Å². The maximum Gasteiger partial charge on any atom is 0.223 e. The molecule has 1 unspecified atom stereocenters. The van der Waals surface area contributed by atoms with Gasteiger partial charge in [-0.3, -0.25) is 4.79 Å². The van der Waals surface area contributed by atoms with E-state index in [-0.39, 0.29) is 17.4 Å². The summed E-state index contributed by atoms with van der Waals surface area (Å²) in [5, 5.41) is 8.57. The average molecular weight is 321 g/mol. The second-order valence-electron chi connectivity index (χ2n) is 5.37. The number of nitrogen functional groups attached to an aromatic ring is 1. The Hall–Kier alpha value is -2.21. The number of carbonyl (C=O) groups excluding carboxylic acids is 1. The number of halogens is 2. The Morgan fingerprint density at radius 3 is 2.77 bits per heavy atom. The van der Waals surface area contributed by atoms with Crippen molar-refractivity contribution in [1.29, 1.82) is 0 Å². The summed E-state index contributed by atoms with van der Waals surface area (Å²) in [6, 6.07) is 5.78. The number of hydrogen-bond acceptors (Lipinski definition) is 4. The zero-order valence-corrected chi connectivity index (χ0v) is 12.6. The van der Waals surface area contributed by atoms with Gasteiger partial charge in [-0.15, -0.1) is 5.10 Å². The third kappa shape index (κ3) is 2.62. The van der Waals surface area contributed by atoms with Crippen LogP contribution in [0.25, 0.3) is 11.3 Å². The Balaban J connectivity index is 1.96. The van der Waals surface area contributed by atoms with Crippen molar-refractivity contribution in [2.75, 3.05) is 19.3 Å². The van der Waals surface area contributed by atoms with Gasteiger partial charge in [-0.25, -0.2) is 4.39 Å². The van der Waals surface area contributed by atoms with E-state index in [1.807, 2.05) is 0 Å². The summed E-state index contributed by atoms with van der Waals surface area (Å²) < 4.78 is 13.9. The van der Waals surface area contributed by atoms with Gasteiger partial charge in [0.15, 0.2) is 0 Å². The number of likely N-dealkylation sites (tertiary alicyclic amines) is 1. The smallest absolute Gasteiger partial charge is 0.223 e. The Morgan fingerprint density at radius 2 is 2.14 bits per heavy atom. The second-order valence-corrected chi connectivity index (χ2v) is 5.81. The predicted molar refractivity (Wildman–Crippen MR) is 81.8 cm³/mol. The molecule has 1 aliphatic rings. The summed E-state index contributed by atoms with van der Waals surface area (Å²) >= 11 is 5.88. The molecule has 5 nitrogen and oxygen atoms in total. The lowest BCUT2D eigenvalue weighted by atomic mass is 10.0. The summed E-state index contributed by atoms with van der Waals surface area (Å²) in [4.78, 5) is 13.2. The Bertz CT molecular complexity index is 752. The van der Waals surface area contributed by atoms with Crippen LogP contribution in [0.1, 0.15) is 18.0 Å². The summed E-state index contributed by atoms with van der Waals surface area (Å²) in [6.45, 7) is 0.558. The third-order valence-electron chi connectivity index (χ3n) is 3.79. The molecule has 1 aromatic heterocycles. The van der Waals surface area contributed by atoms with E-state index in [9.17, 15) is 9.18 Å². The number of aromatic nitrogens is 2. The molecule has 7 heteroatoms. The van der Waals surface area contributed by atoms with E-state index in [0.29, 0.717) is 35.1 Å². The highest BCUT2D eigenvalue weighted by atomic mass is 35.5. The molecule has 0 radical (unpaired) electrons. The molecule has 2 N–H and O–H groups in total. The van der Waals surface area contributed by atoms with Gasteiger partial charge in [0.05, 0.1) is 17.1 Å². The lowest BCUT2D eigenvalue weighted by Gasteiger charge is -2.12. The van der Waals surface area contributed by atoms with E-state index in [1.165, 1.54) is 18.2 Å². The number of likely N-dealkylation sites (N-methyl/N-ethyl adjacent to an activating group) is 1. The first kappa shape index (κ1) is 14.7. The molecule has 0 saturated carbocycles. The minimum Gasteiger partial charge on any atom is -0.397 e. The van der Waals surface area contributed by atoms with Crippen molar-refractivity contribution in [3.8, 4) is 11.3 Å². The monoisotopic (exact) mass is 320 g/mol. The van der Waals surface area contributed by atoms with Gasteiger partial charge in [-0.1, -0.05) is 11.6 Å². The zero-order valence-electron chi connectivity index (χ0n) is 11.9. The van der Waals surface area contributed by atoms with E-state index < -0.39 is 5.82 Å². The van der Waals surface area contributed by atoms with Gasteiger partial charge >= 0.3 is 0 Å². The highest BCUT2D eigenvalue weighted by Gasteiger charge is 2.30. The number of rotatable bonds is 2. The average Bonchev–Trinajstić information content (AvgIpc) is 2.81. The molecule has 1 atom stereocenters. The number of nitrogens with zero attached hydrogens (tertiary/aromatic N) is 3. The van der Waals surface area contributed by atoms with Crippen molar-refractivity contribution in [2.45, 2.75) is 12.3 Å². The zero-order chi connectivity index (χ0) is 15.9. The summed E-state index contributed by atoms with van der Waals surface area (Å²) in [5.41, 5.74) is 7.57. The van der Waals surface area contributed by atoms with Crippen LogP contribution in [-0.4, -0.2) is 34.6 Å². The predicted octanol–water partition coefficient (Wildman–Crippen LogP) is 2.46. The first-order valence-electron chi connectivity index (χ1n) is 6.78. The van der Waals surface area contributed by atoms with Crippen LogP contribution in [-0.2, 0) is 4.79 Å². The SMILES string of the molecule is CN1CC(c2nnc(-c3cc(Cl)ccc3F)cc2N)CC1=O. The van der Waals surface area contributed by atoms with E-state index in [4.69, 9.17) is 17.3 Å². The summed E-state index contributed by atoms with van der Waals surface area (Å²) in [7, 11) is 1.74. The molecule has 0 bridgehead atoms. The second kappa shape index (κ2) is 5.53. The number of amides is 1. The summed E-state index contributed by atoms with van der Waals surface area (Å²) in [5.74, 6) is -0.471. The molecule has 1 amide bonds. The molecule has 2 aromatic rings. The number of benzene rings is 1. The molecule has 114 valence electrons. The molecule has 1 fully saturated rings. The summed E-state index contributed by atoms with van der Waals surface area (Å²) in [6.07, 6.45) is 0.361. The first-order valence-corrected chi connectivity index (χ1v) is 7.16. The quantitative estimate of drug-likeness (QED) is 0.922. The number of anilines is 1. The Kier molecular flexibility index (Phi) is 3.70. The molecular weight excluding hydrogens is 307 g/mol. The highest BCUT2D eigenvalue weighted by molar-refractivity contribution is 6.30. The van der Waals surface area contributed by atoms with Crippen LogP contribution >= 0.6 is 11.6 Å². The first-order chi connectivity index (χ1) is 10.5. The van der Waals surface area contributed by atoms with Gasteiger partial charge in [0.25, 0.3) is 0 Å². The lowest BCUT2D eigenvalue weighted by Crippen LogP contribution is -2.19. The molecule has 1 aliphatic heterocycles. The van der Waals surface area contributed by atoms with Crippen LogP contribution in [0.15, 0.2) is 24.3 Å². The number of carbonyl (C=O) groups is 1. The van der Waals surface area contributed by atoms with Crippen molar-refractivity contribution in [2.24, 2.45) is 0 Å². The Morgan fingerprint density at radius 1 is 1.36 bits per heavy atom. The van der Waals surface area contributed by atoms with Crippen molar-refractivity contribution in [3.63, 3.8) is 0 Å². The van der Waals surface area contributed by atoms with E-state index in [2.05, 4.69) is 10.2 Å². The van der Waals surface area contributed by atoms with Crippen LogP contribution < -0.4 is 5.73 Å². The maximum absolute atomic E-state index is 13.9. The van der Waals surface area contributed by atoms with Gasteiger partial charge in [0, 0.05) is 36.5 Å². The van der Waals surface area contributed by atoms with Crippen LogP contribution in [0.3, 0.4) is 0 Å². The maximum atomic E-state index is 13.9. The van der Waals surface area contributed by atoms with Crippen molar-refractivity contribution in [1.82, 2.24) is 15.1 Å². The van der Waals surface area contributed by atoms with Crippen LogP contribution in [0.2, 0.25) is 5.02 Å². The molecule has 0 spiro atoms. The highest BCUT2D eigenvalue weighted by Crippen LogP contribution is 2.32. The van der Waals surface area contributed by atoms with E-state index in [0.717, 1.165) is 0 Å². The molecule has 0 aliphatic carbocycles. The fourth-order valence-electron chi connectivity index (χ4n) is 2.61. The molecule has 1 saturated heterocycles. The van der Waals surface area contributed by atoms with Gasteiger partial charge in [0.2, 0.25) is 5.91 Å². The van der Waals surface area contributed by atoms with Gasteiger partial charge in [-0.05, 0) is 24.3 Å². The standard InChI is InChI=1S/C15H14ClFN4O/c1-21-7-8(4-14(21)22)15-12(18)6-13(19-20-15)10-5-9(16)2-3-11(10)17/h2-3,5-6,8H,4,7H2,1H3,(H2,18,19). The third-order valence-corrected chi connectivity index (χ3v) is 4.02. The van der Waals surface area contributed by atoms with Crippen molar-refractivity contribution in [3.05, 3.63) is 40.8 Å². The van der Waals surface area contributed by atoms with Crippen molar-refractivity contribution >= 4 is 23.2 Å². The molecule has 2 heterocycles. The topological polar surface area (TPSA) is 72.1 Å². The molecule has 1 aromatic carbocycles. The minimum atomic E-state index is -0.443. The lowest BCUT2D eigenvalue weighted by molar-refractivity contribution is -0.126. The Labute approximate surface area is 131 Å². The minimum absolute atomic E-state index is 0.0520. The normalized spacial score (nSPS) is 18.0. The molecule has 3 rings (SSSR count). The van der Waals surface area contributed by atoms with E-state index in [1.54, 1.807) is 18.0 Å². The fourth-order valence-corrected chi connectivity index (χ4v) is 2.78. The largest absolute Gasteiger partial charge is 0.397 e. The number of hydrogen-bond donors (Lipinski definition) is 1. The molecule has 22 heavy (non-hydrogen) atoms. The van der Waals surface area contributed by atoms with Crippen LogP contribution in [0.4, 0.5) is 10.1 Å². The van der Waals surface area contributed by atoms with Gasteiger partial charge < -0.3 is 10.6 Å².